The van der Waals surface area contributed by atoms with Crippen LogP contribution in [0.5, 0.6) is 11.8 Å². The van der Waals surface area contributed by atoms with E-state index in [2.05, 4.69) is 20.3 Å². The van der Waals surface area contributed by atoms with E-state index in [0.29, 0.717) is 36.0 Å². The third kappa shape index (κ3) is 3.83. The van der Waals surface area contributed by atoms with Crippen LogP contribution < -0.4 is 15.0 Å². The minimum Gasteiger partial charge on any atom is -0.421 e. The van der Waals surface area contributed by atoms with E-state index in [-0.39, 0.29) is 17.3 Å². The summed E-state index contributed by atoms with van der Waals surface area (Å²) in [6, 6.07) is 2.68. The minimum absolute atomic E-state index is 0.0880. The van der Waals surface area contributed by atoms with Crippen molar-refractivity contribution in [3.05, 3.63) is 52.1 Å². The number of rotatable bonds is 4. The number of benzene rings is 1. The van der Waals surface area contributed by atoms with E-state index in [9.17, 15) is 8.78 Å². The van der Waals surface area contributed by atoms with Gasteiger partial charge in [0.05, 0.1) is 6.54 Å². The Hall–Kier alpha value is -3.29. The molecule has 0 unspecified atom stereocenters. The summed E-state index contributed by atoms with van der Waals surface area (Å²) in [5, 5.41) is 3.10. The lowest BCUT2D eigenvalue weighted by Crippen LogP contribution is -2.14. The molecule has 1 aliphatic heterocycles. The first-order valence-electron chi connectivity index (χ1n) is 9.21. The first kappa shape index (κ1) is 19.0. The van der Waals surface area contributed by atoms with Crippen LogP contribution in [0.4, 0.5) is 20.4 Å². The van der Waals surface area contributed by atoms with E-state index in [1.807, 2.05) is 34.0 Å². The number of hydrogen-bond donors (Lipinski definition) is 1. The van der Waals surface area contributed by atoms with Crippen molar-refractivity contribution in [1.82, 2.24) is 9.97 Å². The van der Waals surface area contributed by atoms with Crippen molar-refractivity contribution in [2.24, 2.45) is 4.99 Å². The van der Waals surface area contributed by atoms with Gasteiger partial charge in [-0.1, -0.05) is 11.6 Å². The molecule has 0 atom stereocenters. The number of halogens is 2. The topological polar surface area (TPSA) is 62.6 Å². The summed E-state index contributed by atoms with van der Waals surface area (Å²) in [5.74, 6) is 0.295. The van der Waals surface area contributed by atoms with Crippen LogP contribution in [-0.2, 0) is 6.42 Å². The molecule has 0 saturated carbocycles. The van der Waals surface area contributed by atoms with Crippen molar-refractivity contribution in [3.63, 3.8) is 0 Å². The largest absolute Gasteiger partial charge is 0.421 e. The number of ether oxygens (including phenoxy) is 1. The standard InChI is InChI=1S/C21H21F2N5O/c1-11-5-13-14(6-11)20(23)16(8-15(13)22)29-21-26-18(9-19(27-21)28(3)4)25-17-7-12(2)10-24-17/h6-9H,5,10H2,1-4H3,(H,24,25,26,27). The van der Waals surface area contributed by atoms with Crippen molar-refractivity contribution in [2.45, 2.75) is 20.3 Å². The number of allylic oxidation sites excluding steroid dienone is 1. The van der Waals surface area contributed by atoms with Gasteiger partial charge >= 0.3 is 6.01 Å². The summed E-state index contributed by atoms with van der Waals surface area (Å²) >= 11 is 0. The van der Waals surface area contributed by atoms with E-state index < -0.39 is 11.6 Å². The Morgan fingerprint density at radius 2 is 1.86 bits per heavy atom. The zero-order valence-corrected chi connectivity index (χ0v) is 16.7. The lowest BCUT2D eigenvalue weighted by molar-refractivity contribution is 0.406. The Bertz CT molecular complexity index is 1090. The maximum Gasteiger partial charge on any atom is 0.326 e. The molecule has 150 valence electrons. The second kappa shape index (κ2) is 7.27. The average molecular weight is 397 g/mol. The molecule has 29 heavy (non-hydrogen) atoms. The zero-order chi connectivity index (χ0) is 20.7. The average Bonchev–Trinajstić information content (AvgIpc) is 3.25. The van der Waals surface area contributed by atoms with Crippen LogP contribution in [-0.4, -0.2) is 36.4 Å². The molecule has 1 aromatic carbocycles. The molecule has 4 rings (SSSR count). The molecule has 1 N–H and O–H groups in total. The molecular weight excluding hydrogens is 376 g/mol. The predicted molar refractivity (Wildman–Crippen MR) is 110 cm³/mol. The zero-order valence-electron chi connectivity index (χ0n) is 16.7. The molecule has 0 fully saturated rings. The van der Waals surface area contributed by atoms with Gasteiger partial charge in [0, 0.05) is 37.4 Å². The highest BCUT2D eigenvalue weighted by Crippen LogP contribution is 2.36. The summed E-state index contributed by atoms with van der Waals surface area (Å²) in [6.07, 6.45) is 3.95. The second-order valence-corrected chi connectivity index (χ2v) is 7.44. The van der Waals surface area contributed by atoms with Gasteiger partial charge in [0.15, 0.2) is 11.6 Å². The molecule has 0 amide bonds. The molecule has 0 spiro atoms. The Labute approximate surface area is 167 Å². The highest BCUT2D eigenvalue weighted by atomic mass is 19.1. The molecule has 1 aromatic heterocycles. The maximum atomic E-state index is 14.9. The fraction of sp³-hybridized carbons (Fsp3) is 0.286. The van der Waals surface area contributed by atoms with E-state index in [4.69, 9.17) is 4.74 Å². The van der Waals surface area contributed by atoms with Gasteiger partial charge in [-0.05, 0) is 31.9 Å². The van der Waals surface area contributed by atoms with Crippen LogP contribution >= 0.6 is 0 Å². The number of nitrogens with zero attached hydrogens (tertiary/aromatic N) is 4. The first-order chi connectivity index (χ1) is 13.8. The van der Waals surface area contributed by atoms with Crippen LogP contribution in [0.15, 0.2) is 34.3 Å². The Balaban J connectivity index is 1.69. The molecule has 6 nitrogen and oxygen atoms in total. The van der Waals surface area contributed by atoms with Gasteiger partial charge in [-0.3, -0.25) is 4.99 Å². The summed E-state index contributed by atoms with van der Waals surface area (Å²) in [4.78, 5) is 14.7. The second-order valence-electron chi connectivity index (χ2n) is 7.44. The molecule has 2 heterocycles. The van der Waals surface area contributed by atoms with Gasteiger partial charge in [0.2, 0.25) is 0 Å². The third-order valence-corrected chi connectivity index (χ3v) is 4.66. The summed E-state index contributed by atoms with van der Waals surface area (Å²) < 4.78 is 34.9. The van der Waals surface area contributed by atoms with Crippen LogP contribution in [0.3, 0.4) is 0 Å². The Morgan fingerprint density at radius 3 is 2.55 bits per heavy atom. The van der Waals surface area contributed by atoms with Crippen LogP contribution in [0.2, 0.25) is 0 Å². The fourth-order valence-corrected chi connectivity index (χ4v) is 3.23. The number of hydrogen-bond acceptors (Lipinski definition) is 6. The number of aliphatic imine (C=N–C) groups is 1. The van der Waals surface area contributed by atoms with Crippen molar-refractivity contribution in [1.29, 1.82) is 0 Å². The molecule has 0 radical (unpaired) electrons. The van der Waals surface area contributed by atoms with Crippen molar-refractivity contribution >= 4 is 23.5 Å². The fourth-order valence-electron chi connectivity index (χ4n) is 3.23. The maximum absolute atomic E-state index is 14.9. The lowest BCUT2D eigenvalue weighted by atomic mass is 10.1. The molecule has 1 aliphatic carbocycles. The number of fused-ring (bicyclic) bond motifs is 1. The lowest BCUT2D eigenvalue weighted by Gasteiger charge is -2.15. The number of amidine groups is 1. The third-order valence-electron chi connectivity index (χ3n) is 4.66. The van der Waals surface area contributed by atoms with Gasteiger partial charge in [-0.15, -0.1) is 0 Å². The van der Waals surface area contributed by atoms with Gasteiger partial charge in [-0.2, -0.15) is 9.97 Å². The van der Waals surface area contributed by atoms with Gasteiger partial charge in [-0.25, -0.2) is 8.78 Å². The Kier molecular flexibility index (Phi) is 4.77. The molecular formula is C21H21F2N5O. The van der Waals surface area contributed by atoms with E-state index in [1.54, 1.807) is 17.0 Å². The normalized spacial score (nSPS) is 14.9. The molecule has 8 heteroatoms. The molecule has 2 aromatic rings. The number of anilines is 2. The van der Waals surface area contributed by atoms with Gasteiger partial charge in [0.1, 0.15) is 23.3 Å². The van der Waals surface area contributed by atoms with E-state index in [0.717, 1.165) is 17.2 Å². The molecule has 0 bridgehead atoms. The van der Waals surface area contributed by atoms with Crippen molar-refractivity contribution in [2.75, 3.05) is 30.9 Å². The smallest absolute Gasteiger partial charge is 0.326 e. The predicted octanol–water partition coefficient (Wildman–Crippen LogP) is 4.34. The van der Waals surface area contributed by atoms with Crippen LogP contribution in [0.1, 0.15) is 25.0 Å². The summed E-state index contributed by atoms with van der Waals surface area (Å²) in [6.45, 7) is 4.45. The quantitative estimate of drug-likeness (QED) is 0.831. The Morgan fingerprint density at radius 1 is 1.07 bits per heavy atom. The SMILES string of the molecule is CC1=CC(Nc2cc(N(C)C)nc(Oc3cc(F)c4c(c3F)C=C(C)C4)n2)=NC1. The molecule has 0 saturated heterocycles. The van der Waals surface area contributed by atoms with Crippen molar-refractivity contribution in [3.8, 4) is 11.8 Å². The minimum atomic E-state index is -0.620. The van der Waals surface area contributed by atoms with Gasteiger partial charge < -0.3 is 15.0 Å². The van der Waals surface area contributed by atoms with Crippen LogP contribution in [0, 0.1) is 11.6 Å². The van der Waals surface area contributed by atoms with Gasteiger partial charge in [0.25, 0.3) is 0 Å². The van der Waals surface area contributed by atoms with E-state index in [1.165, 1.54) is 0 Å². The van der Waals surface area contributed by atoms with Crippen LogP contribution in [0.25, 0.3) is 6.08 Å². The highest BCUT2D eigenvalue weighted by molar-refractivity contribution is 6.05. The van der Waals surface area contributed by atoms with Crippen molar-refractivity contribution < 1.29 is 13.5 Å². The summed E-state index contributed by atoms with van der Waals surface area (Å²) in [5.41, 5.74) is 2.59. The first-order valence-corrected chi connectivity index (χ1v) is 9.21. The summed E-state index contributed by atoms with van der Waals surface area (Å²) in [7, 11) is 3.63. The molecule has 2 aliphatic rings. The van der Waals surface area contributed by atoms with E-state index >= 15 is 0 Å². The monoisotopic (exact) mass is 397 g/mol. The number of nitrogens with one attached hydrogen (secondary N) is 1. The number of aromatic nitrogens is 2. The highest BCUT2D eigenvalue weighted by Gasteiger charge is 2.23.